The second-order valence-electron chi connectivity index (χ2n) is 5.22. The van der Waals surface area contributed by atoms with E-state index < -0.39 is 5.97 Å². The number of hydrogen-bond acceptors (Lipinski definition) is 5. The summed E-state index contributed by atoms with van der Waals surface area (Å²) in [6.07, 6.45) is 1.49. The molecule has 0 fully saturated rings. The van der Waals surface area contributed by atoms with Gasteiger partial charge in [-0.2, -0.15) is 5.26 Å². The molecule has 7 heteroatoms. The molecule has 0 aliphatic carbocycles. The Labute approximate surface area is 132 Å². The summed E-state index contributed by atoms with van der Waals surface area (Å²) in [5.41, 5.74) is 9.08. The van der Waals surface area contributed by atoms with Crippen LogP contribution in [0.5, 0.6) is 0 Å². The maximum atomic E-state index is 12.1. The molecule has 1 amide bonds. The Hall–Kier alpha value is -3.27. The number of carbonyl (C=O) groups excluding carboxylic acids is 2. The number of methoxy groups -OCH3 is 1. The number of esters is 1. The zero-order valence-electron chi connectivity index (χ0n) is 12.6. The molecule has 1 aromatic heterocycles. The van der Waals surface area contributed by atoms with Crippen LogP contribution in [0.3, 0.4) is 0 Å². The van der Waals surface area contributed by atoms with E-state index in [1.54, 1.807) is 12.1 Å². The topological polar surface area (TPSA) is 110 Å². The van der Waals surface area contributed by atoms with Gasteiger partial charge in [0.2, 0.25) is 0 Å². The van der Waals surface area contributed by atoms with E-state index in [1.165, 1.54) is 17.9 Å². The molecule has 0 bridgehead atoms. The monoisotopic (exact) mass is 310 g/mol. The number of aryl methyl sites for hydroxylation is 1. The molecule has 2 aromatic rings. The maximum Gasteiger partial charge on any atom is 0.357 e. The van der Waals surface area contributed by atoms with E-state index in [9.17, 15) is 14.9 Å². The highest BCUT2D eigenvalue weighted by molar-refractivity contribution is 6.00. The van der Waals surface area contributed by atoms with Crippen LogP contribution in [-0.2, 0) is 11.3 Å². The number of nitrogen functional groups attached to an aromatic ring is 1. The van der Waals surface area contributed by atoms with Gasteiger partial charge in [0.05, 0.1) is 24.0 Å². The number of ether oxygens (including phenoxy) is 1. The molecule has 1 aliphatic rings. The van der Waals surface area contributed by atoms with Crippen molar-refractivity contribution in [2.24, 2.45) is 0 Å². The summed E-state index contributed by atoms with van der Waals surface area (Å²) in [6.45, 7) is 2.22. The van der Waals surface area contributed by atoms with E-state index in [0.29, 0.717) is 17.8 Å². The van der Waals surface area contributed by atoms with Gasteiger partial charge in [-0.25, -0.2) is 4.79 Å². The fraction of sp³-hybridized carbons (Fsp3) is 0.188. The molecule has 0 saturated carbocycles. The molecule has 3 rings (SSSR count). The van der Waals surface area contributed by atoms with Crippen LogP contribution >= 0.6 is 0 Å². The van der Waals surface area contributed by atoms with Crippen LogP contribution in [0.2, 0.25) is 0 Å². The lowest BCUT2D eigenvalue weighted by Gasteiger charge is -2.15. The molecule has 2 heterocycles. The maximum absolute atomic E-state index is 12.1. The number of aromatic nitrogens is 1. The Morgan fingerprint density at radius 3 is 2.87 bits per heavy atom. The first kappa shape index (κ1) is 14.7. The lowest BCUT2D eigenvalue weighted by molar-refractivity contribution is 0.0593. The molecule has 1 aliphatic heterocycles. The van der Waals surface area contributed by atoms with Crippen molar-refractivity contribution in [1.29, 1.82) is 5.26 Å². The van der Waals surface area contributed by atoms with E-state index in [4.69, 9.17) is 10.5 Å². The van der Waals surface area contributed by atoms with Crippen molar-refractivity contribution in [1.82, 2.24) is 9.88 Å². The summed E-state index contributed by atoms with van der Waals surface area (Å²) in [4.78, 5) is 24.0. The number of amides is 1. The van der Waals surface area contributed by atoms with Crippen LogP contribution < -0.4 is 11.1 Å². The van der Waals surface area contributed by atoms with Gasteiger partial charge < -0.3 is 20.4 Å². The third-order valence-corrected chi connectivity index (χ3v) is 3.94. The minimum atomic E-state index is -0.640. The molecule has 7 nitrogen and oxygen atoms in total. The van der Waals surface area contributed by atoms with Gasteiger partial charge in [0.1, 0.15) is 6.07 Å². The van der Waals surface area contributed by atoms with Crippen molar-refractivity contribution in [3.05, 3.63) is 46.3 Å². The van der Waals surface area contributed by atoms with Crippen LogP contribution in [0.15, 0.2) is 18.3 Å². The summed E-state index contributed by atoms with van der Waals surface area (Å²) in [6, 6.07) is 5.50. The van der Waals surface area contributed by atoms with Gasteiger partial charge >= 0.3 is 5.97 Å². The van der Waals surface area contributed by atoms with Crippen LogP contribution in [0.25, 0.3) is 5.69 Å². The van der Waals surface area contributed by atoms with Gasteiger partial charge in [0, 0.05) is 23.9 Å². The molecule has 0 saturated heterocycles. The zero-order valence-corrected chi connectivity index (χ0v) is 12.6. The minimum absolute atomic E-state index is 0.0636. The standard InChI is InChI=1S/C16H14N4O3/c1-8-3-4-10-11(6-19-15(10)21)13(8)20-7-9(5-17)12(18)14(20)16(22)23-2/h3-4,7H,6,18H2,1-2H3,(H,19,21). The van der Waals surface area contributed by atoms with E-state index >= 15 is 0 Å². The largest absolute Gasteiger partial charge is 0.464 e. The molecule has 23 heavy (non-hydrogen) atoms. The zero-order chi connectivity index (χ0) is 16.7. The van der Waals surface area contributed by atoms with Gasteiger partial charge in [-0.1, -0.05) is 6.07 Å². The Bertz CT molecular complexity index is 890. The van der Waals surface area contributed by atoms with Gasteiger partial charge in [0.25, 0.3) is 5.91 Å². The highest BCUT2D eigenvalue weighted by Crippen LogP contribution is 2.31. The number of fused-ring (bicyclic) bond motifs is 1. The second-order valence-corrected chi connectivity index (χ2v) is 5.22. The first-order valence-electron chi connectivity index (χ1n) is 6.89. The number of nitrogens with zero attached hydrogens (tertiary/aromatic N) is 2. The van der Waals surface area contributed by atoms with Crippen molar-refractivity contribution in [2.45, 2.75) is 13.5 Å². The molecule has 3 N–H and O–H groups in total. The SMILES string of the molecule is COC(=O)c1c(N)c(C#N)cn1-c1c(C)ccc2c1CNC2=O. The van der Waals surface area contributed by atoms with Gasteiger partial charge in [0.15, 0.2) is 5.69 Å². The first-order valence-corrected chi connectivity index (χ1v) is 6.89. The Morgan fingerprint density at radius 1 is 1.48 bits per heavy atom. The Balaban J connectivity index is 2.35. The lowest BCUT2D eigenvalue weighted by atomic mass is 10.0. The van der Waals surface area contributed by atoms with Gasteiger partial charge in [-0.3, -0.25) is 4.79 Å². The van der Waals surface area contributed by atoms with E-state index in [1.807, 2.05) is 13.0 Å². The van der Waals surface area contributed by atoms with Crippen molar-refractivity contribution in [2.75, 3.05) is 12.8 Å². The van der Waals surface area contributed by atoms with E-state index in [2.05, 4.69) is 5.32 Å². The third-order valence-electron chi connectivity index (χ3n) is 3.94. The molecule has 0 spiro atoms. The molecular formula is C16H14N4O3. The normalized spacial score (nSPS) is 12.5. The summed E-state index contributed by atoms with van der Waals surface area (Å²) in [5, 5.41) is 12.0. The predicted molar refractivity (Wildman–Crippen MR) is 82.1 cm³/mol. The summed E-state index contributed by atoms with van der Waals surface area (Å²) in [7, 11) is 1.25. The second kappa shape index (κ2) is 5.18. The fourth-order valence-electron chi connectivity index (χ4n) is 2.84. The molecule has 0 radical (unpaired) electrons. The van der Waals surface area contributed by atoms with E-state index in [0.717, 1.165) is 11.1 Å². The average molecular weight is 310 g/mol. The number of carbonyl (C=O) groups is 2. The quantitative estimate of drug-likeness (QED) is 0.812. The van der Waals surface area contributed by atoms with Gasteiger partial charge in [-0.15, -0.1) is 0 Å². The van der Waals surface area contributed by atoms with Crippen LogP contribution in [0, 0.1) is 18.3 Å². The molecule has 1 aromatic carbocycles. The lowest BCUT2D eigenvalue weighted by Crippen LogP contribution is -2.13. The number of rotatable bonds is 2. The fourth-order valence-corrected chi connectivity index (χ4v) is 2.84. The van der Waals surface area contributed by atoms with Gasteiger partial charge in [-0.05, 0) is 18.6 Å². The number of nitriles is 1. The van der Waals surface area contributed by atoms with Crippen molar-refractivity contribution < 1.29 is 14.3 Å². The summed E-state index contributed by atoms with van der Waals surface area (Å²) < 4.78 is 6.32. The molecular weight excluding hydrogens is 296 g/mol. The highest BCUT2D eigenvalue weighted by atomic mass is 16.5. The van der Waals surface area contributed by atoms with Crippen LogP contribution in [0.1, 0.15) is 37.5 Å². The van der Waals surface area contributed by atoms with E-state index in [-0.39, 0.29) is 22.9 Å². The summed E-state index contributed by atoms with van der Waals surface area (Å²) in [5.74, 6) is -0.806. The Morgan fingerprint density at radius 2 is 2.22 bits per heavy atom. The summed E-state index contributed by atoms with van der Waals surface area (Å²) >= 11 is 0. The third kappa shape index (κ3) is 2.04. The number of hydrogen-bond donors (Lipinski definition) is 2. The van der Waals surface area contributed by atoms with Crippen molar-refractivity contribution in [3.8, 4) is 11.8 Å². The predicted octanol–water partition coefficient (Wildman–Crippen LogP) is 1.27. The number of benzene rings is 1. The number of nitrogens with two attached hydrogens (primary N) is 1. The molecule has 116 valence electrons. The number of anilines is 1. The Kier molecular flexibility index (Phi) is 3.30. The number of nitrogens with one attached hydrogen (secondary N) is 1. The smallest absolute Gasteiger partial charge is 0.357 e. The first-order chi connectivity index (χ1) is 11.0. The minimum Gasteiger partial charge on any atom is -0.464 e. The highest BCUT2D eigenvalue weighted by Gasteiger charge is 2.28. The van der Waals surface area contributed by atoms with Crippen LogP contribution in [0.4, 0.5) is 5.69 Å². The van der Waals surface area contributed by atoms with Crippen molar-refractivity contribution >= 4 is 17.6 Å². The van der Waals surface area contributed by atoms with Crippen molar-refractivity contribution in [3.63, 3.8) is 0 Å². The molecule has 0 atom stereocenters. The van der Waals surface area contributed by atoms with Crippen LogP contribution in [-0.4, -0.2) is 23.6 Å². The average Bonchev–Trinajstić information content (AvgIpc) is 3.07. The molecule has 0 unspecified atom stereocenters.